The summed E-state index contributed by atoms with van der Waals surface area (Å²) in [6.45, 7) is 7.30. The van der Waals surface area contributed by atoms with Gasteiger partial charge < -0.3 is 10.4 Å². The zero-order valence-electron chi connectivity index (χ0n) is 10.7. The van der Waals surface area contributed by atoms with Gasteiger partial charge in [0.2, 0.25) is 5.91 Å². The standard InChI is InChI=1S/C12H23NO3/c1-5-7-9(3)10(14)13-12(4,8-6-2)11(15)16/h9H,5-8H2,1-4H3,(H,13,14)(H,15,16). The molecule has 0 saturated heterocycles. The van der Waals surface area contributed by atoms with E-state index >= 15 is 0 Å². The number of hydrogen-bond donors (Lipinski definition) is 2. The first-order valence-corrected chi connectivity index (χ1v) is 5.92. The summed E-state index contributed by atoms with van der Waals surface area (Å²) in [7, 11) is 0. The van der Waals surface area contributed by atoms with Crippen LogP contribution >= 0.6 is 0 Å². The Balaban J connectivity index is 4.52. The fraction of sp³-hybridized carbons (Fsp3) is 0.833. The molecule has 0 aromatic heterocycles. The zero-order chi connectivity index (χ0) is 12.8. The van der Waals surface area contributed by atoms with Crippen LogP contribution in [-0.2, 0) is 9.59 Å². The van der Waals surface area contributed by atoms with Crippen LogP contribution in [-0.4, -0.2) is 22.5 Å². The first-order chi connectivity index (χ1) is 7.37. The number of carbonyl (C=O) groups excluding carboxylic acids is 1. The van der Waals surface area contributed by atoms with Crippen LogP contribution in [0.4, 0.5) is 0 Å². The molecule has 0 bridgehead atoms. The quantitative estimate of drug-likeness (QED) is 0.703. The molecule has 16 heavy (non-hydrogen) atoms. The van der Waals surface area contributed by atoms with Gasteiger partial charge in [-0.3, -0.25) is 4.79 Å². The topological polar surface area (TPSA) is 66.4 Å². The Hall–Kier alpha value is -1.06. The van der Waals surface area contributed by atoms with E-state index < -0.39 is 11.5 Å². The van der Waals surface area contributed by atoms with E-state index in [0.717, 1.165) is 19.3 Å². The number of carboxylic acid groups (broad SMARTS) is 1. The van der Waals surface area contributed by atoms with Gasteiger partial charge in [0.05, 0.1) is 0 Å². The molecule has 0 aromatic carbocycles. The largest absolute Gasteiger partial charge is 0.480 e. The number of rotatable bonds is 7. The predicted octanol–water partition coefficient (Wildman–Crippen LogP) is 2.18. The maximum Gasteiger partial charge on any atom is 0.329 e. The minimum absolute atomic E-state index is 0.125. The lowest BCUT2D eigenvalue weighted by Gasteiger charge is -2.27. The minimum Gasteiger partial charge on any atom is -0.480 e. The van der Waals surface area contributed by atoms with E-state index in [1.165, 1.54) is 0 Å². The molecule has 0 heterocycles. The molecule has 0 aromatic rings. The Morgan fingerprint density at radius 2 is 1.88 bits per heavy atom. The van der Waals surface area contributed by atoms with E-state index in [1.54, 1.807) is 6.92 Å². The Morgan fingerprint density at radius 1 is 1.31 bits per heavy atom. The van der Waals surface area contributed by atoms with E-state index in [4.69, 9.17) is 5.11 Å². The molecule has 0 fully saturated rings. The summed E-state index contributed by atoms with van der Waals surface area (Å²) in [5, 5.41) is 11.7. The summed E-state index contributed by atoms with van der Waals surface area (Å²) >= 11 is 0. The molecule has 0 saturated carbocycles. The van der Waals surface area contributed by atoms with Crippen molar-refractivity contribution in [1.29, 1.82) is 0 Å². The highest BCUT2D eigenvalue weighted by Crippen LogP contribution is 2.15. The summed E-state index contributed by atoms with van der Waals surface area (Å²) in [5.41, 5.74) is -1.13. The summed E-state index contributed by atoms with van der Waals surface area (Å²) in [6, 6.07) is 0. The fourth-order valence-electron chi connectivity index (χ4n) is 1.68. The van der Waals surface area contributed by atoms with Crippen LogP contribution in [0, 0.1) is 5.92 Å². The lowest BCUT2D eigenvalue weighted by molar-refractivity contribution is -0.147. The van der Waals surface area contributed by atoms with Crippen LogP contribution in [0.15, 0.2) is 0 Å². The van der Waals surface area contributed by atoms with Crippen molar-refractivity contribution < 1.29 is 14.7 Å². The Morgan fingerprint density at radius 3 is 2.25 bits per heavy atom. The molecule has 2 N–H and O–H groups in total. The van der Waals surface area contributed by atoms with Crippen molar-refractivity contribution in [2.24, 2.45) is 5.92 Å². The molecule has 0 aliphatic heterocycles. The van der Waals surface area contributed by atoms with Crippen molar-refractivity contribution in [3.63, 3.8) is 0 Å². The number of carbonyl (C=O) groups is 2. The van der Waals surface area contributed by atoms with Crippen LogP contribution in [0.1, 0.15) is 53.4 Å². The number of aliphatic carboxylic acids is 1. The second kappa shape index (κ2) is 6.51. The van der Waals surface area contributed by atoms with Crippen molar-refractivity contribution in [3.05, 3.63) is 0 Å². The molecule has 2 unspecified atom stereocenters. The summed E-state index contributed by atoms with van der Waals surface area (Å²) in [6.07, 6.45) is 2.89. The van der Waals surface area contributed by atoms with Gasteiger partial charge in [-0.05, 0) is 19.8 Å². The van der Waals surface area contributed by atoms with Gasteiger partial charge in [0.1, 0.15) is 5.54 Å². The SMILES string of the molecule is CCCC(C)C(=O)NC(C)(CCC)C(=O)O. The highest BCUT2D eigenvalue weighted by Gasteiger charge is 2.34. The van der Waals surface area contributed by atoms with Gasteiger partial charge in [0.25, 0.3) is 0 Å². The highest BCUT2D eigenvalue weighted by atomic mass is 16.4. The van der Waals surface area contributed by atoms with Crippen molar-refractivity contribution in [2.45, 2.75) is 58.9 Å². The van der Waals surface area contributed by atoms with Crippen LogP contribution in [0.2, 0.25) is 0 Å². The van der Waals surface area contributed by atoms with E-state index in [1.807, 2.05) is 20.8 Å². The van der Waals surface area contributed by atoms with Crippen molar-refractivity contribution >= 4 is 11.9 Å². The van der Waals surface area contributed by atoms with Crippen molar-refractivity contribution in [1.82, 2.24) is 5.32 Å². The first-order valence-electron chi connectivity index (χ1n) is 5.92. The zero-order valence-corrected chi connectivity index (χ0v) is 10.7. The van der Waals surface area contributed by atoms with Crippen LogP contribution in [0.3, 0.4) is 0 Å². The molecule has 0 aliphatic carbocycles. The number of hydrogen-bond acceptors (Lipinski definition) is 2. The van der Waals surface area contributed by atoms with Gasteiger partial charge in [-0.1, -0.05) is 33.6 Å². The summed E-state index contributed by atoms with van der Waals surface area (Å²) in [4.78, 5) is 22.9. The first kappa shape index (κ1) is 14.9. The number of carboxylic acids is 1. The smallest absolute Gasteiger partial charge is 0.329 e. The number of amides is 1. The van der Waals surface area contributed by atoms with Gasteiger partial charge in [-0.2, -0.15) is 0 Å². The predicted molar refractivity (Wildman–Crippen MR) is 63.2 cm³/mol. The molecular weight excluding hydrogens is 206 g/mol. The van der Waals surface area contributed by atoms with Crippen LogP contribution < -0.4 is 5.32 Å². The van der Waals surface area contributed by atoms with Crippen LogP contribution in [0.5, 0.6) is 0 Å². The Kier molecular flexibility index (Phi) is 6.08. The normalized spacial score (nSPS) is 16.2. The average Bonchev–Trinajstić information content (AvgIpc) is 2.18. The van der Waals surface area contributed by atoms with Crippen molar-refractivity contribution in [2.75, 3.05) is 0 Å². The average molecular weight is 229 g/mol. The van der Waals surface area contributed by atoms with Gasteiger partial charge >= 0.3 is 5.97 Å². The number of nitrogens with one attached hydrogen (secondary N) is 1. The molecule has 4 heteroatoms. The van der Waals surface area contributed by atoms with Crippen LogP contribution in [0.25, 0.3) is 0 Å². The molecule has 0 radical (unpaired) electrons. The minimum atomic E-state index is -1.13. The van der Waals surface area contributed by atoms with Gasteiger partial charge in [0, 0.05) is 5.92 Å². The van der Waals surface area contributed by atoms with E-state index in [2.05, 4.69) is 5.32 Å². The van der Waals surface area contributed by atoms with E-state index in [-0.39, 0.29) is 11.8 Å². The molecule has 1 amide bonds. The summed E-state index contributed by atoms with van der Waals surface area (Å²) in [5.74, 6) is -1.26. The molecule has 4 nitrogen and oxygen atoms in total. The molecule has 0 spiro atoms. The molecule has 0 aliphatic rings. The third-order valence-electron chi connectivity index (χ3n) is 2.79. The lowest BCUT2D eigenvalue weighted by atomic mass is 9.94. The molecular formula is C12H23NO3. The molecule has 94 valence electrons. The maximum atomic E-state index is 11.8. The van der Waals surface area contributed by atoms with Crippen molar-refractivity contribution in [3.8, 4) is 0 Å². The third kappa shape index (κ3) is 4.21. The second-order valence-electron chi connectivity index (χ2n) is 4.57. The van der Waals surface area contributed by atoms with Gasteiger partial charge in [0.15, 0.2) is 0 Å². The van der Waals surface area contributed by atoms with E-state index in [9.17, 15) is 9.59 Å². The second-order valence-corrected chi connectivity index (χ2v) is 4.57. The molecule has 2 atom stereocenters. The van der Waals surface area contributed by atoms with Gasteiger partial charge in [-0.25, -0.2) is 4.79 Å². The monoisotopic (exact) mass is 229 g/mol. The Bertz CT molecular complexity index is 253. The van der Waals surface area contributed by atoms with E-state index in [0.29, 0.717) is 6.42 Å². The summed E-state index contributed by atoms with van der Waals surface area (Å²) < 4.78 is 0. The maximum absolute atomic E-state index is 11.8. The third-order valence-corrected chi connectivity index (χ3v) is 2.79. The Labute approximate surface area is 97.4 Å². The lowest BCUT2D eigenvalue weighted by Crippen LogP contribution is -2.53. The van der Waals surface area contributed by atoms with Gasteiger partial charge in [-0.15, -0.1) is 0 Å². The molecule has 0 rings (SSSR count). The fourth-order valence-corrected chi connectivity index (χ4v) is 1.68. The highest BCUT2D eigenvalue weighted by molar-refractivity contribution is 5.87.